The molecule has 6 nitrogen and oxygen atoms in total. The van der Waals surface area contributed by atoms with Gasteiger partial charge in [0.15, 0.2) is 0 Å². The van der Waals surface area contributed by atoms with E-state index in [4.69, 9.17) is 0 Å². The van der Waals surface area contributed by atoms with Gasteiger partial charge in [-0.25, -0.2) is 4.98 Å². The number of carbonyl (C=O) groups is 1. The lowest BCUT2D eigenvalue weighted by Gasteiger charge is -2.32. The fraction of sp³-hybridized carbons (Fsp3) is 0.294. The van der Waals surface area contributed by atoms with E-state index >= 15 is 0 Å². The quantitative estimate of drug-likeness (QED) is 0.736. The van der Waals surface area contributed by atoms with Crippen LogP contribution in [-0.2, 0) is 0 Å². The van der Waals surface area contributed by atoms with Crippen LogP contribution in [0.3, 0.4) is 0 Å². The number of thiazole rings is 1. The predicted octanol–water partition coefficient (Wildman–Crippen LogP) is 2.88. The lowest BCUT2D eigenvalue weighted by atomic mass is 10.1. The molecular weight excluding hydrogens is 322 g/mol. The first-order valence-electron chi connectivity index (χ1n) is 7.97. The summed E-state index contributed by atoms with van der Waals surface area (Å²) in [5, 5.41) is 5.09. The number of hydrogen-bond acceptors (Lipinski definition) is 5. The van der Waals surface area contributed by atoms with Gasteiger partial charge in [-0.15, -0.1) is 11.3 Å². The first kappa shape index (κ1) is 15.0. The van der Waals surface area contributed by atoms with Crippen LogP contribution in [0.25, 0.3) is 10.7 Å². The Morgan fingerprint density at radius 1 is 1.21 bits per heavy atom. The number of likely N-dealkylation sites (tertiary alicyclic amines) is 1. The summed E-state index contributed by atoms with van der Waals surface area (Å²) in [6.45, 7) is 1.48. The maximum absolute atomic E-state index is 12.8. The number of rotatable bonds is 3. The Hall–Kier alpha value is -2.54. The highest BCUT2D eigenvalue weighted by Crippen LogP contribution is 2.27. The van der Waals surface area contributed by atoms with E-state index in [1.165, 1.54) is 11.3 Å². The van der Waals surface area contributed by atoms with E-state index in [-0.39, 0.29) is 11.9 Å². The number of piperidine rings is 1. The molecule has 0 spiro atoms. The highest BCUT2D eigenvalue weighted by Gasteiger charge is 2.27. The highest BCUT2D eigenvalue weighted by molar-refractivity contribution is 7.16. The summed E-state index contributed by atoms with van der Waals surface area (Å²) in [7, 11) is 0. The van der Waals surface area contributed by atoms with Crippen LogP contribution in [0.4, 0.5) is 0 Å². The number of amides is 1. The first-order valence-corrected chi connectivity index (χ1v) is 8.78. The Morgan fingerprint density at radius 2 is 2.17 bits per heavy atom. The smallest absolute Gasteiger partial charge is 0.265 e. The van der Waals surface area contributed by atoms with Gasteiger partial charge in [0.05, 0.1) is 17.9 Å². The van der Waals surface area contributed by atoms with Crippen molar-refractivity contribution in [2.45, 2.75) is 18.9 Å². The molecule has 0 aromatic carbocycles. The molecule has 1 amide bonds. The number of hydrogen-bond donors (Lipinski definition) is 0. The van der Waals surface area contributed by atoms with Crippen molar-refractivity contribution in [2.24, 2.45) is 0 Å². The zero-order chi connectivity index (χ0) is 16.4. The number of nitrogens with zero attached hydrogens (tertiary/aromatic N) is 5. The van der Waals surface area contributed by atoms with E-state index in [1.54, 1.807) is 18.6 Å². The van der Waals surface area contributed by atoms with Gasteiger partial charge in [0.1, 0.15) is 9.88 Å². The van der Waals surface area contributed by atoms with Crippen LogP contribution in [0.2, 0.25) is 0 Å². The van der Waals surface area contributed by atoms with Crippen molar-refractivity contribution < 1.29 is 4.79 Å². The molecule has 4 heterocycles. The second-order valence-corrected chi connectivity index (χ2v) is 6.81. The summed E-state index contributed by atoms with van der Waals surface area (Å²) in [5.41, 5.74) is 0.801. The average molecular weight is 339 g/mol. The van der Waals surface area contributed by atoms with Crippen molar-refractivity contribution in [1.82, 2.24) is 24.6 Å². The fourth-order valence-electron chi connectivity index (χ4n) is 2.99. The molecule has 1 aliphatic rings. The Kier molecular flexibility index (Phi) is 4.08. The van der Waals surface area contributed by atoms with E-state index in [9.17, 15) is 4.79 Å². The van der Waals surface area contributed by atoms with Crippen molar-refractivity contribution in [3.05, 3.63) is 53.9 Å². The summed E-state index contributed by atoms with van der Waals surface area (Å²) in [5.74, 6) is 0.0477. The Bertz CT molecular complexity index is 815. The minimum atomic E-state index is 0.0477. The van der Waals surface area contributed by atoms with Crippen LogP contribution in [0.1, 0.15) is 28.6 Å². The molecule has 24 heavy (non-hydrogen) atoms. The third-order valence-electron chi connectivity index (χ3n) is 4.18. The van der Waals surface area contributed by atoms with E-state index in [1.807, 2.05) is 40.0 Å². The molecule has 0 aliphatic carbocycles. The Labute approximate surface area is 143 Å². The largest absolute Gasteiger partial charge is 0.336 e. The Morgan fingerprint density at radius 3 is 2.96 bits per heavy atom. The van der Waals surface area contributed by atoms with Gasteiger partial charge in [-0.3, -0.25) is 14.5 Å². The van der Waals surface area contributed by atoms with Crippen LogP contribution >= 0.6 is 11.3 Å². The second kappa shape index (κ2) is 6.52. The molecule has 3 aromatic rings. The van der Waals surface area contributed by atoms with Gasteiger partial charge in [0, 0.05) is 31.7 Å². The lowest BCUT2D eigenvalue weighted by Crippen LogP contribution is -2.40. The minimum absolute atomic E-state index is 0.0477. The van der Waals surface area contributed by atoms with Crippen molar-refractivity contribution >= 4 is 17.2 Å². The van der Waals surface area contributed by atoms with Crippen molar-refractivity contribution in [2.75, 3.05) is 13.1 Å². The second-order valence-electron chi connectivity index (χ2n) is 5.78. The van der Waals surface area contributed by atoms with E-state index in [0.29, 0.717) is 11.4 Å². The lowest BCUT2D eigenvalue weighted by molar-refractivity contribution is 0.0677. The van der Waals surface area contributed by atoms with E-state index in [0.717, 1.165) is 30.1 Å². The SMILES string of the molecule is O=C(c1cnc(-c2ccccn2)s1)N1CCCC(n2cccn2)C1. The number of aromatic nitrogens is 4. The molecule has 3 aromatic heterocycles. The average Bonchev–Trinajstić information content (AvgIpc) is 3.34. The summed E-state index contributed by atoms with van der Waals surface area (Å²) < 4.78 is 1.95. The molecule has 122 valence electrons. The van der Waals surface area contributed by atoms with Gasteiger partial charge in [-0.1, -0.05) is 6.07 Å². The molecule has 0 radical (unpaired) electrons. The minimum Gasteiger partial charge on any atom is -0.336 e. The Balaban J connectivity index is 1.50. The van der Waals surface area contributed by atoms with Crippen LogP contribution in [0.15, 0.2) is 49.1 Å². The van der Waals surface area contributed by atoms with Gasteiger partial charge in [0.25, 0.3) is 5.91 Å². The van der Waals surface area contributed by atoms with Crippen LogP contribution in [0.5, 0.6) is 0 Å². The summed E-state index contributed by atoms with van der Waals surface area (Å²) in [4.78, 5) is 24.0. The van der Waals surface area contributed by atoms with Gasteiger partial charge in [-0.05, 0) is 31.0 Å². The maximum atomic E-state index is 12.8. The molecule has 1 atom stereocenters. The number of carbonyl (C=O) groups excluding carboxylic acids is 1. The van der Waals surface area contributed by atoms with Gasteiger partial charge in [0.2, 0.25) is 0 Å². The summed E-state index contributed by atoms with van der Waals surface area (Å²) in [6, 6.07) is 7.86. The van der Waals surface area contributed by atoms with Gasteiger partial charge >= 0.3 is 0 Å². The van der Waals surface area contributed by atoms with Gasteiger partial charge in [-0.2, -0.15) is 5.10 Å². The molecule has 4 rings (SSSR count). The summed E-state index contributed by atoms with van der Waals surface area (Å²) in [6.07, 6.45) is 9.18. The monoisotopic (exact) mass is 339 g/mol. The molecule has 1 fully saturated rings. The zero-order valence-corrected chi connectivity index (χ0v) is 13.9. The van der Waals surface area contributed by atoms with Crippen molar-refractivity contribution in [3.8, 4) is 10.7 Å². The first-order chi connectivity index (χ1) is 11.8. The maximum Gasteiger partial charge on any atom is 0.265 e. The fourth-order valence-corrected chi connectivity index (χ4v) is 3.85. The summed E-state index contributed by atoms with van der Waals surface area (Å²) >= 11 is 1.40. The molecule has 1 aliphatic heterocycles. The van der Waals surface area contributed by atoms with Crippen molar-refractivity contribution in [3.63, 3.8) is 0 Å². The van der Waals surface area contributed by atoms with E-state index < -0.39 is 0 Å². The normalized spacial score (nSPS) is 17.8. The predicted molar refractivity (Wildman–Crippen MR) is 91.7 cm³/mol. The molecule has 7 heteroatoms. The zero-order valence-electron chi connectivity index (χ0n) is 13.1. The third kappa shape index (κ3) is 2.94. The molecule has 0 N–H and O–H groups in total. The van der Waals surface area contributed by atoms with Crippen LogP contribution in [0, 0.1) is 0 Å². The topological polar surface area (TPSA) is 63.9 Å². The molecule has 1 unspecified atom stereocenters. The highest BCUT2D eigenvalue weighted by atomic mass is 32.1. The van der Waals surface area contributed by atoms with Crippen molar-refractivity contribution in [1.29, 1.82) is 0 Å². The molecule has 0 saturated carbocycles. The molecular formula is C17H17N5OS. The van der Waals surface area contributed by atoms with Crippen LogP contribution < -0.4 is 0 Å². The van der Waals surface area contributed by atoms with E-state index in [2.05, 4.69) is 15.1 Å². The van der Waals surface area contributed by atoms with Crippen LogP contribution in [-0.4, -0.2) is 43.6 Å². The third-order valence-corrected chi connectivity index (χ3v) is 5.19. The molecule has 1 saturated heterocycles. The number of pyridine rings is 1. The standard InChI is InChI=1S/C17H17N5OS/c23-17(15-11-19-16(24-15)14-6-1-2-7-18-14)21-9-3-5-13(12-21)22-10-4-8-20-22/h1-2,4,6-8,10-11,13H,3,5,9,12H2. The van der Waals surface area contributed by atoms with Gasteiger partial charge < -0.3 is 4.90 Å². The molecule has 0 bridgehead atoms.